The van der Waals surface area contributed by atoms with Crippen molar-refractivity contribution in [3.05, 3.63) is 50.9 Å². The lowest BCUT2D eigenvalue weighted by atomic mass is 10.1. The molecule has 7 nitrogen and oxygen atoms in total. The first kappa shape index (κ1) is 21.8. The molecular weight excluding hydrogens is 426 g/mol. The van der Waals surface area contributed by atoms with E-state index < -0.39 is 24.4 Å². The molecule has 1 aromatic carbocycles. The van der Waals surface area contributed by atoms with Gasteiger partial charge in [0.2, 0.25) is 0 Å². The summed E-state index contributed by atoms with van der Waals surface area (Å²) in [4.78, 5) is 37.1. The van der Waals surface area contributed by atoms with Crippen molar-refractivity contribution in [1.29, 1.82) is 5.26 Å². The highest BCUT2D eigenvalue weighted by Crippen LogP contribution is 2.36. The fraction of sp³-hybridized carbons (Fsp3) is 0.333. The lowest BCUT2D eigenvalue weighted by molar-refractivity contribution is -0.146. The Kier molecular flexibility index (Phi) is 7.44. The standard InChI is InChI=1S/C21H20ClN3O4S/c22-14-8-6-13(7-9-14)20(28)24-11-19(27)29-12-18(26)25-21-16(10-23)15-4-2-1-3-5-17(15)30-21/h6-9H,1-5,11-12H2,(H,24,28)(H,25,26). The van der Waals surface area contributed by atoms with Crippen molar-refractivity contribution in [2.24, 2.45) is 0 Å². The van der Waals surface area contributed by atoms with Gasteiger partial charge in [0.25, 0.3) is 11.8 Å². The van der Waals surface area contributed by atoms with Gasteiger partial charge in [0.05, 0.1) is 5.56 Å². The molecule has 3 rings (SSSR count). The average molecular weight is 446 g/mol. The zero-order chi connectivity index (χ0) is 21.5. The number of ether oxygens (including phenoxy) is 1. The summed E-state index contributed by atoms with van der Waals surface area (Å²) in [5, 5.41) is 15.6. The van der Waals surface area contributed by atoms with Gasteiger partial charge >= 0.3 is 5.97 Å². The number of halogens is 1. The van der Waals surface area contributed by atoms with Crippen molar-refractivity contribution in [3.63, 3.8) is 0 Å². The van der Waals surface area contributed by atoms with E-state index in [0.29, 0.717) is 21.2 Å². The molecule has 0 bridgehead atoms. The van der Waals surface area contributed by atoms with Crippen molar-refractivity contribution in [3.8, 4) is 6.07 Å². The highest BCUT2D eigenvalue weighted by Gasteiger charge is 2.21. The number of carbonyl (C=O) groups excluding carboxylic acids is 3. The number of nitrogens with one attached hydrogen (secondary N) is 2. The second-order valence-corrected chi connectivity index (χ2v) is 8.32. The molecule has 1 aliphatic rings. The topological polar surface area (TPSA) is 108 Å². The number of hydrogen-bond donors (Lipinski definition) is 2. The summed E-state index contributed by atoms with van der Waals surface area (Å²) in [5.74, 6) is -1.72. The van der Waals surface area contributed by atoms with Gasteiger partial charge in [-0.3, -0.25) is 14.4 Å². The Morgan fingerprint density at radius 1 is 1.13 bits per heavy atom. The van der Waals surface area contributed by atoms with Gasteiger partial charge in [-0.1, -0.05) is 18.0 Å². The van der Waals surface area contributed by atoms with Crippen molar-refractivity contribution in [2.75, 3.05) is 18.5 Å². The van der Waals surface area contributed by atoms with E-state index >= 15 is 0 Å². The predicted molar refractivity (Wildman–Crippen MR) is 114 cm³/mol. The Hall–Kier alpha value is -2.89. The number of esters is 1. The molecule has 0 spiro atoms. The van der Waals surface area contributed by atoms with Crippen molar-refractivity contribution in [1.82, 2.24) is 5.32 Å². The summed E-state index contributed by atoms with van der Waals surface area (Å²) in [5.41, 5.74) is 1.88. The number of amides is 2. The van der Waals surface area contributed by atoms with Crippen LogP contribution in [-0.4, -0.2) is 30.9 Å². The van der Waals surface area contributed by atoms with Gasteiger partial charge in [-0.2, -0.15) is 5.26 Å². The summed E-state index contributed by atoms with van der Waals surface area (Å²) >= 11 is 7.18. The average Bonchev–Trinajstić information content (AvgIpc) is 2.89. The van der Waals surface area contributed by atoms with Crippen molar-refractivity contribution in [2.45, 2.75) is 32.1 Å². The molecule has 2 N–H and O–H groups in total. The van der Waals surface area contributed by atoms with E-state index in [1.54, 1.807) is 12.1 Å². The quantitative estimate of drug-likeness (QED) is 0.523. The second-order valence-electron chi connectivity index (χ2n) is 6.78. The Labute approximate surface area is 183 Å². The third-order valence-electron chi connectivity index (χ3n) is 4.65. The number of nitrogens with zero attached hydrogens (tertiary/aromatic N) is 1. The number of rotatable bonds is 6. The maximum atomic E-state index is 12.2. The van der Waals surface area contributed by atoms with E-state index in [0.717, 1.165) is 42.5 Å². The summed E-state index contributed by atoms with van der Waals surface area (Å²) in [6.07, 6.45) is 4.99. The largest absolute Gasteiger partial charge is 0.454 e. The van der Waals surface area contributed by atoms with Crippen LogP contribution in [0.1, 0.15) is 45.6 Å². The molecule has 0 saturated heterocycles. The number of anilines is 1. The maximum Gasteiger partial charge on any atom is 0.325 e. The van der Waals surface area contributed by atoms with Gasteiger partial charge in [0.1, 0.15) is 17.6 Å². The molecular formula is C21H20ClN3O4S. The highest BCUT2D eigenvalue weighted by atomic mass is 35.5. The second kappa shape index (κ2) is 10.2. The minimum Gasteiger partial charge on any atom is -0.454 e. The summed E-state index contributed by atoms with van der Waals surface area (Å²) in [6.45, 7) is -0.867. The molecule has 30 heavy (non-hydrogen) atoms. The number of aryl methyl sites for hydroxylation is 1. The fourth-order valence-electron chi connectivity index (χ4n) is 3.16. The molecule has 0 aliphatic heterocycles. The van der Waals surface area contributed by atoms with Crippen molar-refractivity contribution < 1.29 is 19.1 Å². The first-order chi connectivity index (χ1) is 14.5. The SMILES string of the molecule is N#Cc1c(NC(=O)COC(=O)CNC(=O)c2ccc(Cl)cc2)sc2c1CCCCC2. The third-order valence-corrected chi connectivity index (χ3v) is 6.11. The highest BCUT2D eigenvalue weighted by molar-refractivity contribution is 7.16. The molecule has 0 fully saturated rings. The number of nitriles is 1. The zero-order valence-electron chi connectivity index (χ0n) is 16.1. The number of thiophene rings is 1. The van der Waals surface area contributed by atoms with Crippen LogP contribution in [0.2, 0.25) is 5.02 Å². The zero-order valence-corrected chi connectivity index (χ0v) is 17.7. The molecule has 1 heterocycles. The van der Waals surface area contributed by atoms with Crippen LogP contribution in [0.25, 0.3) is 0 Å². The smallest absolute Gasteiger partial charge is 0.325 e. The first-order valence-electron chi connectivity index (χ1n) is 9.52. The number of hydrogen-bond acceptors (Lipinski definition) is 6. The van der Waals surface area contributed by atoms with E-state index in [4.69, 9.17) is 16.3 Å². The Morgan fingerprint density at radius 2 is 1.87 bits per heavy atom. The van der Waals surface area contributed by atoms with Gasteiger partial charge in [-0.15, -0.1) is 11.3 Å². The van der Waals surface area contributed by atoms with E-state index in [1.165, 1.54) is 23.5 Å². The number of fused-ring (bicyclic) bond motifs is 1. The van der Waals surface area contributed by atoms with Gasteiger partial charge in [0.15, 0.2) is 6.61 Å². The van der Waals surface area contributed by atoms with Crippen LogP contribution in [0, 0.1) is 11.3 Å². The van der Waals surface area contributed by atoms with Gasteiger partial charge in [-0.05, 0) is 55.5 Å². The van der Waals surface area contributed by atoms with E-state index in [1.807, 2.05) is 0 Å². The van der Waals surface area contributed by atoms with Crippen LogP contribution in [0.15, 0.2) is 24.3 Å². The van der Waals surface area contributed by atoms with Crippen LogP contribution < -0.4 is 10.6 Å². The third kappa shape index (κ3) is 5.59. The van der Waals surface area contributed by atoms with Crippen LogP contribution >= 0.6 is 22.9 Å². The van der Waals surface area contributed by atoms with E-state index in [2.05, 4.69) is 16.7 Å². The minimum absolute atomic E-state index is 0.353. The molecule has 0 atom stereocenters. The van der Waals surface area contributed by atoms with Gasteiger partial charge < -0.3 is 15.4 Å². The summed E-state index contributed by atoms with van der Waals surface area (Å²) in [7, 11) is 0. The maximum absolute atomic E-state index is 12.2. The van der Waals surface area contributed by atoms with Gasteiger partial charge in [0, 0.05) is 15.5 Å². The Balaban J connectivity index is 1.48. The Bertz CT molecular complexity index is 995. The van der Waals surface area contributed by atoms with Gasteiger partial charge in [-0.25, -0.2) is 0 Å². The summed E-state index contributed by atoms with van der Waals surface area (Å²) in [6, 6.07) is 8.39. The molecule has 0 saturated carbocycles. The Morgan fingerprint density at radius 3 is 2.60 bits per heavy atom. The summed E-state index contributed by atoms with van der Waals surface area (Å²) < 4.78 is 4.91. The number of carbonyl (C=O) groups is 3. The normalized spacial score (nSPS) is 12.8. The number of benzene rings is 1. The van der Waals surface area contributed by atoms with Crippen LogP contribution in [0.4, 0.5) is 5.00 Å². The monoisotopic (exact) mass is 445 g/mol. The van der Waals surface area contributed by atoms with E-state index in [-0.39, 0.29) is 6.54 Å². The molecule has 156 valence electrons. The molecule has 0 unspecified atom stereocenters. The lowest BCUT2D eigenvalue weighted by Crippen LogP contribution is -2.32. The molecule has 0 radical (unpaired) electrons. The fourth-order valence-corrected chi connectivity index (χ4v) is 4.55. The molecule has 1 aliphatic carbocycles. The lowest BCUT2D eigenvalue weighted by Gasteiger charge is -2.07. The minimum atomic E-state index is -0.741. The van der Waals surface area contributed by atoms with Crippen molar-refractivity contribution >= 4 is 45.7 Å². The predicted octanol–water partition coefficient (Wildman–Crippen LogP) is 3.45. The molecule has 1 aromatic heterocycles. The first-order valence-corrected chi connectivity index (χ1v) is 10.7. The van der Waals surface area contributed by atoms with E-state index in [9.17, 15) is 19.6 Å². The molecule has 2 amide bonds. The molecule has 9 heteroatoms. The van der Waals surface area contributed by atoms with Crippen LogP contribution in [-0.2, 0) is 27.2 Å². The van der Waals surface area contributed by atoms with Crippen LogP contribution in [0.5, 0.6) is 0 Å². The van der Waals surface area contributed by atoms with Crippen LogP contribution in [0.3, 0.4) is 0 Å². The molecule has 2 aromatic rings.